The maximum absolute atomic E-state index is 2.39. The van der Waals surface area contributed by atoms with Crippen LogP contribution in [0, 0.1) is 0 Å². The van der Waals surface area contributed by atoms with E-state index in [1.165, 1.54) is 56.7 Å². The van der Waals surface area contributed by atoms with Crippen molar-refractivity contribution in [3.05, 3.63) is 60.7 Å². The minimum Gasteiger partial charge on any atom is -0.0866 e. The van der Waals surface area contributed by atoms with Gasteiger partial charge in [0.15, 0.2) is 0 Å². The Balaban J connectivity index is 1.95. The van der Waals surface area contributed by atoms with Crippen LogP contribution in [0.3, 0.4) is 0 Å². The molecule has 0 aliphatic heterocycles. The van der Waals surface area contributed by atoms with Gasteiger partial charge in [-0.15, -0.1) is 0 Å². The molecule has 0 spiro atoms. The summed E-state index contributed by atoms with van der Waals surface area (Å²) in [5.74, 6) is 0. The second-order valence-electron chi connectivity index (χ2n) is 7.20. The zero-order valence-corrected chi connectivity index (χ0v) is 18.6. The summed E-state index contributed by atoms with van der Waals surface area (Å²) in [6.45, 7) is 4.69. The molecule has 142 valence electrons. The fourth-order valence-corrected chi connectivity index (χ4v) is 6.99. The summed E-state index contributed by atoms with van der Waals surface area (Å²) in [5.41, 5.74) is 1.67. The summed E-state index contributed by atoms with van der Waals surface area (Å²) >= 11 is 0. The van der Waals surface area contributed by atoms with E-state index in [4.69, 9.17) is 0 Å². The molecule has 0 aliphatic carbocycles. The number of unbranched alkanes of at least 4 members (excludes halogenated alkanes) is 5. The zero-order chi connectivity index (χ0) is 18.5. The summed E-state index contributed by atoms with van der Waals surface area (Å²) in [6.07, 6.45) is 11.1. The van der Waals surface area contributed by atoms with Crippen molar-refractivity contribution in [3.8, 4) is 0 Å². The average molecular weight is 387 g/mol. The molecule has 0 saturated carbocycles. The van der Waals surface area contributed by atoms with Gasteiger partial charge in [-0.25, -0.2) is 0 Å². The Hall–Kier alpha value is -0.700. The molecule has 0 aromatic heterocycles. The Morgan fingerprint density at radius 2 is 1.12 bits per heavy atom. The molecule has 4 atom stereocenters. The van der Waals surface area contributed by atoms with Crippen molar-refractivity contribution in [2.24, 2.45) is 0 Å². The highest BCUT2D eigenvalue weighted by Gasteiger charge is 2.20. The molecule has 0 nitrogen and oxygen atoms in total. The van der Waals surface area contributed by atoms with Crippen LogP contribution in [0.15, 0.2) is 60.7 Å². The van der Waals surface area contributed by atoms with Crippen LogP contribution < -0.4 is 10.6 Å². The van der Waals surface area contributed by atoms with Crippen molar-refractivity contribution < 1.29 is 0 Å². The Labute approximate surface area is 165 Å². The molecule has 2 aromatic rings. The van der Waals surface area contributed by atoms with Crippen molar-refractivity contribution in [3.63, 3.8) is 0 Å². The highest BCUT2D eigenvalue weighted by atomic mass is 31.1. The lowest BCUT2D eigenvalue weighted by molar-refractivity contribution is 0.571. The molecule has 0 bridgehead atoms. The summed E-state index contributed by atoms with van der Waals surface area (Å²) in [6, 6.07) is 22.3. The van der Waals surface area contributed by atoms with Gasteiger partial charge in [-0.2, -0.15) is 0 Å². The first-order valence-corrected chi connectivity index (χ1v) is 12.6. The molecule has 0 N–H and O–H groups in total. The summed E-state index contributed by atoms with van der Waals surface area (Å²) in [7, 11) is 1.90. The first kappa shape index (κ1) is 21.6. The molecule has 2 rings (SSSR count). The van der Waals surface area contributed by atoms with Crippen LogP contribution in [0.5, 0.6) is 0 Å². The predicted molar refractivity (Wildman–Crippen MR) is 125 cm³/mol. The molecular weight excluding hydrogens is 350 g/mol. The first-order chi connectivity index (χ1) is 12.8. The van der Waals surface area contributed by atoms with Gasteiger partial charge in [-0.1, -0.05) is 130 Å². The van der Waals surface area contributed by atoms with Gasteiger partial charge in [0.2, 0.25) is 0 Å². The molecule has 0 amide bonds. The third-order valence-electron chi connectivity index (χ3n) is 5.05. The summed E-state index contributed by atoms with van der Waals surface area (Å²) < 4.78 is 0. The molecule has 4 unspecified atom stereocenters. The second-order valence-corrected chi connectivity index (χ2v) is 10.4. The van der Waals surface area contributed by atoms with Crippen LogP contribution in [-0.4, -0.2) is 11.3 Å². The topological polar surface area (TPSA) is 0 Å². The molecule has 2 heteroatoms. The zero-order valence-electron chi connectivity index (χ0n) is 16.6. The van der Waals surface area contributed by atoms with Crippen molar-refractivity contribution in [1.82, 2.24) is 0 Å². The number of rotatable bonds is 13. The van der Waals surface area contributed by atoms with Gasteiger partial charge in [0.05, 0.1) is 0 Å². The molecular formula is C24H36P2. The van der Waals surface area contributed by atoms with Gasteiger partial charge >= 0.3 is 0 Å². The van der Waals surface area contributed by atoms with Crippen molar-refractivity contribution in [1.29, 1.82) is 0 Å². The highest BCUT2D eigenvalue weighted by molar-refractivity contribution is 7.52. The largest absolute Gasteiger partial charge is 0.0866 e. The van der Waals surface area contributed by atoms with E-state index in [2.05, 4.69) is 74.5 Å². The summed E-state index contributed by atoms with van der Waals surface area (Å²) in [5, 5.41) is 3.07. The molecule has 0 saturated heterocycles. The van der Waals surface area contributed by atoms with Crippen molar-refractivity contribution >= 4 is 27.8 Å². The molecule has 0 radical (unpaired) electrons. The third-order valence-corrected chi connectivity index (χ3v) is 8.96. The highest BCUT2D eigenvalue weighted by Crippen LogP contribution is 2.37. The van der Waals surface area contributed by atoms with E-state index in [1.54, 1.807) is 5.30 Å². The Morgan fingerprint density at radius 1 is 0.615 bits per heavy atom. The minimum absolute atomic E-state index is 0.826. The predicted octanol–water partition coefficient (Wildman–Crippen LogP) is 6.89. The van der Waals surface area contributed by atoms with E-state index in [0.717, 1.165) is 28.5 Å². The Morgan fingerprint density at radius 3 is 1.65 bits per heavy atom. The summed E-state index contributed by atoms with van der Waals surface area (Å²) in [4.78, 5) is 0. The van der Waals surface area contributed by atoms with Crippen LogP contribution in [0.2, 0.25) is 0 Å². The molecule has 0 heterocycles. The number of hydrogen-bond donors (Lipinski definition) is 0. The normalized spacial score (nSPS) is 14.4. The van der Waals surface area contributed by atoms with Crippen LogP contribution in [0.4, 0.5) is 0 Å². The Bertz CT molecular complexity index is 567. The standard InChI is InChI=1S/C24H36P2/c1-3-5-6-7-8-15-20-24(26-22-18-13-10-14-19-22)23(4-2)25-21-16-11-9-12-17-21/h9-14,16-19,23-26H,3-8,15,20H2,1-2H3. The molecule has 2 aromatic carbocycles. The van der Waals surface area contributed by atoms with E-state index < -0.39 is 0 Å². The van der Waals surface area contributed by atoms with E-state index in [1.807, 2.05) is 0 Å². The van der Waals surface area contributed by atoms with Crippen LogP contribution >= 0.6 is 17.2 Å². The fourth-order valence-electron chi connectivity index (χ4n) is 3.50. The molecule has 0 aliphatic rings. The molecule has 0 fully saturated rings. The fraction of sp³-hybridized carbons (Fsp3) is 0.500. The van der Waals surface area contributed by atoms with E-state index in [9.17, 15) is 0 Å². The number of benzene rings is 2. The van der Waals surface area contributed by atoms with Crippen molar-refractivity contribution in [2.45, 2.75) is 76.5 Å². The Kier molecular flexibility index (Phi) is 11.2. The number of hydrogen-bond acceptors (Lipinski definition) is 0. The van der Waals surface area contributed by atoms with Crippen LogP contribution in [0.1, 0.15) is 65.2 Å². The van der Waals surface area contributed by atoms with E-state index in [0.29, 0.717) is 0 Å². The maximum atomic E-state index is 2.39. The average Bonchev–Trinajstić information content (AvgIpc) is 2.69. The monoisotopic (exact) mass is 386 g/mol. The van der Waals surface area contributed by atoms with Crippen molar-refractivity contribution in [2.75, 3.05) is 0 Å². The van der Waals surface area contributed by atoms with Gasteiger partial charge in [0.25, 0.3) is 0 Å². The van der Waals surface area contributed by atoms with E-state index in [-0.39, 0.29) is 0 Å². The minimum atomic E-state index is 0.826. The van der Waals surface area contributed by atoms with Gasteiger partial charge in [0, 0.05) is 0 Å². The van der Waals surface area contributed by atoms with Gasteiger partial charge in [-0.3, -0.25) is 0 Å². The van der Waals surface area contributed by atoms with Gasteiger partial charge in [0.1, 0.15) is 0 Å². The van der Waals surface area contributed by atoms with Gasteiger partial charge < -0.3 is 0 Å². The third kappa shape index (κ3) is 8.33. The smallest absolute Gasteiger partial charge is 0.0128 e. The lowest BCUT2D eigenvalue weighted by Gasteiger charge is -2.27. The lowest BCUT2D eigenvalue weighted by Crippen LogP contribution is -2.22. The SMILES string of the molecule is CCCCCCCCC(Pc1ccccc1)C(CC)Pc1ccccc1. The van der Waals surface area contributed by atoms with Gasteiger partial charge in [-0.05, 0) is 34.8 Å². The lowest BCUT2D eigenvalue weighted by atomic mass is 10.1. The quantitative estimate of drug-likeness (QED) is 0.260. The first-order valence-electron chi connectivity index (χ1n) is 10.5. The molecule has 26 heavy (non-hydrogen) atoms. The van der Waals surface area contributed by atoms with E-state index >= 15 is 0 Å². The van der Waals surface area contributed by atoms with Crippen LogP contribution in [0.25, 0.3) is 0 Å². The maximum Gasteiger partial charge on any atom is -0.0128 e. The second kappa shape index (κ2) is 13.5. The van der Waals surface area contributed by atoms with Crippen LogP contribution in [-0.2, 0) is 0 Å².